The minimum atomic E-state index is -0.572. The number of hydrogen-bond acceptors (Lipinski definition) is 5. The van der Waals surface area contributed by atoms with Crippen molar-refractivity contribution < 1.29 is 23.8 Å². The van der Waals surface area contributed by atoms with Gasteiger partial charge >= 0.3 is 5.97 Å². The van der Waals surface area contributed by atoms with E-state index in [1.54, 1.807) is 20.1 Å². The summed E-state index contributed by atoms with van der Waals surface area (Å²) >= 11 is 0. The van der Waals surface area contributed by atoms with Crippen LogP contribution in [0.4, 0.5) is 5.69 Å². The molecular formula is C17H19NO5. The molecule has 122 valence electrons. The van der Waals surface area contributed by atoms with Crippen molar-refractivity contribution in [3.8, 4) is 11.5 Å². The molecule has 0 atom stereocenters. The van der Waals surface area contributed by atoms with Gasteiger partial charge in [0, 0.05) is 16.8 Å². The summed E-state index contributed by atoms with van der Waals surface area (Å²) in [6, 6.07) is 9.21. The van der Waals surface area contributed by atoms with Crippen LogP contribution in [-0.2, 0) is 14.3 Å². The van der Waals surface area contributed by atoms with Gasteiger partial charge in [-0.15, -0.1) is 0 Å². The van der Waals surface area contributed by atoms with Gasteiger partial charge in [0.25, 0.3) is 0 Å². The maximum atomic E-state index is 12.0. The van der Waals surface area contributed by atoms with Crippen LogP contribution in [0, 0.1) is 0 Å². The zero-order valence-corrected chi connectivity index (χ0v) is 13.3. The lowest BCUT2D eigenvalue weighted by atomic mass is 10.1. The summed E-state index contributed by atoms with van der Waals surface area (Å²) < 4.78 is 15.6. The molecule has 0 aliphatic carbocycles. The van der Waals surface area contributed by atoms with E-state index in [-0.39, 0.29) is 13.0 Å². The molecule has 0 spiro atoms. The van der Waals surface area contributed by atoms with Gasteiger partial charge in [0.2, 0.25) is 5.91 Å². The minimum Gasteiger partial charge on any atom is -0.496 e. The fourth-order valence-electron chi connectivity index (χ4n) is 2.33. The normalized spacial score (nSPS) is 10.2. The van der Waals surface area contributed by atoms with Gasteiger partial charge in [-0.25, -0.2) is 0 Å². The standard InChI is InChI=1S/C17H19NO5/c1-4-23-16(20)10-15(19)18-13-9-14(21-2)11-7-5-6-8-12(11)17(13)22-3/h5-9H,4,10H2,1-3H3,(H,18,19). The van der Waals surface area contributed by atoms with Gasteiger partial charge < -0.3 is 19.5 Å². The van der Waals surface area contributed by atoms with E-state index in [0.717, 1.165) is 10.8 Å². The lowest BCUT2D eigenvalue weighted by molar-refractivity contribution is -0.145. The van der Waals surface area contributed by atoms with E-state index in [9.17, 15) is 9.59 Å². The van der Waals surface area contributed by atoms with Crippen molar-refractivity contribution in [1.29, 1.82) is 0 Å². The molecule has 23 heavy (non-hydrogen) atoms. The Bertz CT molecular complexity index is 726. The molecule has 0 radical (unpaired) electrons. The van der Waals surface area contributed by atoms with Crippen LogP contribution >= 0.6 is 0 Å². The van der Waals surface area contributed by atoms with Crippen LogP contribution < -0.4 is 14.8 Å². The molecule has 0 saturated heterocycles. The van der Waals surface area contributed by atoms with Crippen molar-refractivity contribution in [2.24, 2.45) is 0 Å². The Morgan fingerprint density at radius 3 is 2.39 bits per heavy atom. The molecule has 6 heteroatoms. The molecule has 2 rings (SSSR count). The molecule has 0 fully saturated rings. The number of esters is 1. The average Bonchev–Trinajstić information content (AvgIpc) is 2.54. The molecule has 2 aromatic rings. The van der Waals surface area contributed by atoms with E-state index in [1.165, 1.54) is 7.11 Å². The first-order valence-electron chi connectivity index (χ1n) is 7.19. The number of hydrogen-bond donors (Lipinski definition) is 1. The Labute approximate surface area is 134 Å². The molecule has 2 aromatic carbocycles. The van der Waals surface area contributed by atoms with Gasteiger partial charge in [-0.2, -0.15) is 0 Å². The second-order valence-corrected chi connectivity index (χ2v) is 4.74. The predicted octanol–water partition coefficient (Wildman–Crippen LogP) is 2.75. The van der Waals surface area contributed by atoms with Gasteiger partial charge in [-0.05, 0) is 6.92 Å². The van der Waals surface area contributed by atoms with Crippen molar-refractivity contribution in [3.05, 3.63) is 30.3 Å². The van der Waals surface area contributed by atoms with Crippen molar-refractivity contribution in [2.75, 3.05) is 26.1 Å². The summed E-state index contributed by atoms with van der Waals surface area (Å²) in [6.07, 6.45) is -0.355. The van der Waals surface area contributed by atoms with Crippen LogP contribution in [0.25, 0.3) is 10.8 Å². The molecule has 0 heterocycles. The van der Waals surface area contributed by atoms with Crippen LogP contribution in [0.5, 0.6) is 11.5 Å². The molecular weight excluding hydrogens is 298 g/mol. The van der Waals surface area contributed by atoms with Crippen molar-refractivity contribution in [3.63, 3.8) is 0 Å². The number of benzene rings is 2. The van der Waals surface area contributed by atoms with Gasteiger partial charge in [0.15, 0.2) is 0 Å². The summed E-state index contributed by atoms with van der Waals surface area (Å²) in [5.41, 5.74) is 0.442. The molecule has 6 nitrogen and oxygen atoms in total. The summed E-state index contributed by atoms with van der Waals surface area (Å²) in [5, 5.41) is 4.35. The van der Waals surface area contributed by atoms with Gasteiger partial charge in [0.05, 0.1) is 26.5 Å². The van der Waals surface area contributed by atoms with E-state index in [1.807, 2.05) is 24.3 Å². The quantitative estimate of drug-likeness (QED) is 0.655. The fourth-order valence-corrected chi connectivity index (χ4v) is 2.33. The summed E-state index contributed by atoms with van der Waals surface area (Å²) in [5.74, 6) is 0.0715. The second-order valence-electron chi connectivity index (χ2n) is 4.74. The van der Waals surface area contributed by atoms with Crippen molar-refractivity contribution in [2.45, 2.75) is 13.3 Å². The summed E-state index contributed by atoms with van der Waals surface area (Å²) in [7, 11) is 3.08. The molecule has 1 N–H and O–H groups in total. The number of ether oxygens (including phenoxy) is 3. The number of carbonyl (C=O) groups excluding carboxylic acids is 2. The maximum absolute atomic E-state index is 12.0. The van der Waals surface area contributed by atoms with Gasteiger partial charge in [0.1, 0.15) is 17.9 Å². The number of nitrogens with one attached hydrogen (secondary N) is 1. The van der Waals surface area contributed by atoms with E-state index >= 15 is 0 Å². The third-order valence-electron chi connectivity index (χ3n) is 3.27. The summed E-state index contributed by atoms with van der Waals surface area (Å²) in [4.78, 5) is 23.4. The van der Waals surface area contributed by atoms with E-state index in [4.69, 9.17) is 14.2 Å². The third-order valence-corrected chi connectivity index (χ3v) is 3.27. The molecule has 0 aliphatic heterocycles. The largest absolute Gasteiger partial charge is 0.496 e. The highest BCUT2D eigenvalue weighted by molar-refractivity contribution is 6.06. The average molecular weight is 317 g/mol. The van der Waals surface area contributed by atoms with Crippen LogP contribution in [0.3, 0.4) is 0 Å². The SMILES string of the molecule is CCOC(=O)CC(=O)Nc1cc(OC)c2ccccc2c1OC. The topological polar surface area (TPSA) is 73.9 Å². The molecule has 0 saturated carbocycles. The number of anilines is 1. The zero-order valence-electron chi connectivity index (χ0n) is 13.3. The Morgan fingerprint density at radius 2 is 1.78 bits per heavy atom. The number of amides is 1. The Hall–Kier alpha value is -2.76. The first-order valence-corrected chi connectivity index (χ1v) is 7.19. The number of fused-ring (bicyclic) bond motifs is 1. The van der Waals surface area contributed by atoms with Crippen LogP contribution in [-0.4, -0.2) is 32.7 Å². The fraction of sp³-hybridized carbons (Fsp3) is 0.294. The highest BCUT2D eigenvalue weighted by Gasteiger charge is 2.17. The van der Waals surface area contributed by atoms with Crippen molar-refractivity contribution >= 4 is 28.3 Å². The lowest BCUT2D eigenvalue weighted by Gasteiger charge is -2.15. The Balaban J connectivity index is 2.36. The number of carbonyl (C=O) groups is 2. The maximum Gasteiger partial charge on any atom is 0.315 e. The third kappa shape index (κ3) is 3.71. The number of methoxy groups -OCH3 is 2. The highest BCUT2D eigenvalue weighted by Crippen LogP contribution is 2.39. The number of rotatable bonds is 6. The first-order chi connectivity index (χ1) is 11.1. The van der Waals surface area contributed by atoms with Gasteiger partial charge in [-0.3, -0.25) is 9.59 Å². The molecule has 0 aliphatic rings. The summed E-state index contributed by atoms with van der Waals surface area (Å²) in [6.45, 7) is 1.92. The molecule has 0 aromatic heterocycles. The molecule has 0 unspecified atom stereocenters. The highest BCUT2D eigenvalue weighted by atomic mass is 16.5. The predicted molar refractivity (Wildman–Crippen MR) is 86.9 cm³/mol. The first kappa shape index (κ1) is 16.6. The zero-order chi connectivity index (χ0) is 16.8. The van der Waals surface area contributed by atoms with Crippen molar-refractivity contribution in [1.82, 2.24) is 0 Å². The van der Waals surface area contributed by atoms with E-state index in [2.05, 4.69) is 5.32 Å². The van der Waals surface area contributed by atoms with Gasteiger partial charge in [-0.1, -0.05) is 24.3 Å². The van der Waals surface area contributed by atoms with Crippen LogP contribution in [0.1, 0.15) is 13.3 Å². The minimum absolute atomic E-state index is 0.235. The molecule has 1 amide bonds. The van der Waals surface area contributed by atoms with E-state index < -0.39 is 11.9 Å². The van der Waals surface area contributed by atoms with Crippen LogP contribution in [0.15, 0.2) is 30.3 Å². The Morgan fingerprint density at radius 1 is 1.09 bits per heavy atom. The molecule has 0 bridgehead atoms. The monoisotopic (exact) mass is 317 g/mol. The van der Waals surface area contributed by atoms with E-state index in [0.29, 0.717) is 17.2 Å². The van der Waals surface area contributed by atoms with Crippen LogP contribution in [0.2, 0.25) is 0 Å². The smallest absolute Gasteiger partial charge is 0.315 e. The lowest BCUT2D eigenvalue weighted by Crippen LogP contribution is -2.18. The second kappa shape index (κ2) is 7.49. The Kier molecular flexibility index (Phi) is 5.41.